The van der Waals surface area contributed by atoms with Crippen LogP contribution >= 0.6 is 11.6 Å². The van der Waals surface area contributed by atoms with Crippen molar-refractivity contribution < 1.29 is 14.3 Å². The van der Waals surface area contributed by atoms with Crippen molar-refractivity contribution in [1.29, 1.82) is 0 Å². The fourth-order valence-electron chi connectivity index (χ4n) is 2.61. The smallest absolute Gasteiger partial charge is 0.341 e. The summed E-state index contributed by atoms with van der Waals surface area (Å²) in [4.78, 5) is 23.8. The van der Waals surface area contributed by atoms with E-state index >= 15 is 0 Å². The van der Waals surface area contributed by atoms with E-state index in [2.05, 4.69) is 0 Å². The summed E-state index contributed by atoms with van der Waals surface area (Å²) in [6.45, 7) is 5.51. The lowest BCUT2D eigenvalue weighted by Gasteiger charge is -2.21. The van der Waals surface area contributed by atoms with Crippen molar-refractivity contribution in [3.05, 3.63) is 44.5 Å². The number of aromatic carboxylic acids is 1. The highest BCUT2D eigenvalue weighted by atomic mass is 35.5. The number of benzene rings is 1. The number of carboxylic acid groups (broad SMARTS) is 1. The number of fused-ring (bicyclic) bond motifs is 1. The Balaban J connectivity index is 3.13. The Morgan fingerprint density at radius 2 is 2.05 bits per heavy atom. The molecule has 1 N–H and O–H groups in total. The number of carbonyl (C=O) groups is 1. The van der Waals surface area contributed by atoms with Crippen LogP contribution in [0.3, 0.4) is 0 Å². The van der Waals surface area contributed by atoms with E-state index in [1.165, 1.54) is 6.07 Å². The number of rotatable bonds is 3. The maximum absolute atomic E-state index is 13.6. The molecule has 0 radical (unpaired) electrons. The fourth-order valence-corrected chi connectivity index (χ4v) is 2.76. The van der Waals surface area contributed by atoms with Crippen LogP contribution in [0.4, 0.5) is 4.39 Å². The standard InChI is InChI=1S/C15H15ClFNO3/c1-4-11-13(15(20)21)14(19)8-5-10(17)9(16)6-12(8)18(11)7(2)3/h5-7H,4H2,1-3H3,(H,20,21). The fraction of sp³-hybridized carbons (Fsp3) is 0.333. The van der Waals surface area contributed by atoms with Gasteiger partial charge >= 0.3 is 5.97 Å². The van der Waals surface area contributed by atoms with Gasteiger partial charge in [-0.1, -0.05) is 18.5 Å². The first kappa shape index (κ1) is 15.5. The molecule has 2 aromatic rings. The third kappa shape index (κ3) is 2.42. The number of halogens is 2. The monoisotopic (exact) mass is 311 g/mol. The summed E-state index contributed by atoms with van der Waals surface area (Å²) < 4.78 is 15.4. The van der Waals surface area contributed by atoms with Crippen LogP contribution in [-0.4, -0.2) is 15.6 Å². The minimum atomic E-state index is -1.30. The molecule has 2 rings (SSSR count). The van der Waals surface area contributed by atoms with Crippen molar-refractivity contribution in [3.8, 4) is 0 Å². The van der Waals surface area contributed by atoms with Crippen LogP contribution in [-0.2, 0) is 6.42 Å². The maximum Gasteiger partial charge on any atom is 0.341 e. The van der Waals surface area contributed by atoms with Crippen molar-refractivity contribution >= 4 is 28.5 Å². The van der Waals surface area contributed by atoms with Gasteiger partial charge in [-0.15, -0.1) is 0 Å². The third-order valence-electron chi connectivity index (χ3n) is 3.41. The summed E-state index contributed by atoms with van der Waals surface area (Å²) in [5.74, 6) is -2.04. The molecule has 1 aromatic heterocycles. The van der Waals surface area contributed by atoms with Gasteiger partial charge in [-0.3, -0.25) is 4.79 Å². The Bertz CT molecular complexity index is 796. The predicted octanol–water partition coefficient (Wildman–Crippen LogP) is 3.64. The van der Waals surface area contributed by atoms with Crippen LogP contribution in [0.15, 0.2) is 16.9 Å². The van der Waals surface area contributed by atoms with E-state index in [4.69, 9.17) is 11.6 Å². The van der Waals surface area contributed by atoms with Crippen molar-refractivity contribution in [3.63, 3.8) is 0 Å². The molecular formula is C15H15ClFNO3. The molecule has 0 aliphatic heterocycles. The highest BCUT2D eigenvalue weighted by Gasteiger charge is 2.23. The molecule has 0 unspecified atom stereocenters. The number of aromatic nitrogens is 1. The molecule has 1 aromatic carbocycles. The summed E-state index contributed by atoms with van der Waals surface area (Å²) in [6.07, 6.45) is 0.375. The molecule has 0 saturated carbocycles. The SMILES string of the molecule is CCc1c(C(=O)O)c(=O)c2cc(F)c(Cl)cc2n1C(C)C. The van der Waals surface area contributed by atoms with E-state index in [-0.39, 0.29) is 22.0 Å². The molecule has 0 saturated heterocycles. The molecule has 4 nitrogen and oxygen atoms in total. The predicted molar refractivity (Wildman–Crippen MR) is 79.9 cm³/mol. The molecule has 6 heteroatoms. The minimum Gasteiger partial charge on any atom is -0.477 e. The lowest BCUT2D eigenvalue weighted by Crippen LogP contribution is -2.25. The Morgan fingerprint density at radius 3 is 2.52 bits per heavy atom. The summed E-state index contributed by atoms with van der Waals surface area (Å²) >= 11 is 5.81. The molecule has 0 aliphatic rings. The lowest BCUT2D eigenvalue weighted by atomic mass is 10.0. The summed E-state index contributed by atoms with van der Waals surface area (Å²) in [6, 6.07) is 2.28. The van der Waals surface area contributed by atoms with Crippen LogP contribution in [0, 0.1) is 5.82 Å². The molecule has 1 heterocycles. The van der Waals surface area contributed by atoms with Crippen molar-refractivity contribution in [1.82, 2.24) is 4.57 Å². The first-order valence-electron chi connectivity index (χ1n) is 6.59. The van der Waals surface area contributed by atoms with Gasteiger partial charge in [0.1, 0.15) is 11.4 Å². The quantitative estimate of drug-likeness (QED) is 0.941. The molecule has 0 aliphatic carbocycles. The van der Waals surface area contributed by atoms with E-state index in [1.54, 1.807) is 11.5 Å². The first-order valence-corrected chi connectivity index (χ1v) is 6.96. The van der Waals surface area contributed by atoms with Crippen molar-refractivity contribution in [2.75, 3.05) is 0 Å². The Kier molecular flexibility index (Phi) is 4.05. The second-order valence-electron chi connectivity index (χ2n) is 5.06. The normalized spacial score (nSPS) is 11.3. The third-order valence-corrected chi connectivity index (χ3v) is 3.70. The minimum absolute atomic E-state index is 0.0280. The van der Waals surface area contributed by atoms with Crippen LogP contribution in [0.1, 0.15) is 42.9 Å². The van der Waals surface area contributed by atoms with E-state index in [0.717, 1.165) is 6.07 Å². The van der Waals surface area contributed by atoms with Crippen LogP contribution < -0.4 is 5.43 Å². The summed E-state index contributed by atoms with van der Waals surface area (Å²) in [7, 11) is 0. The van der Waals surface area contributed by atoms with Gasteiger partial charge < -0.3 is 9.67 Å². The number of nitrogens with zero attached hydrogens (tertiary/aromatic N) is 1. The van der Waals surface area contributed by atoms with Gasteiger partial charge in [0, 0.05) is 17.1 Å². The highest BCUT2D eigenvalue weighted by molar-refractivity contribution is 6.31. The molecule has 0 amide bonds. The van der Waals surface area contributed by atoms with E-state index in [0.29, 0.717) is 17.6 Å². The Labute approximate surface area is 125 Å². The van der Waals surface area contributed by atoms with E-state index in [9.17, 15) is 19.1 Å². The van der Waals surface area contributed by atoms with E-state index < -0.39 is 17.2 Å². The molecule has 0 spiro atoms. The Morgan fingerprint density at radius 1 is 1.43 bits per heavy atom. The zero-order valence-electron chi connectivity index (χ0n) is 11.9. The van der Waals surface area contributed by atoms with Crippen LogP contribution in [0.2, 0.25) is 5.02 Å². The number of carboxylic acids is 1. The molecule has 0 bridgehead atoms. The Hall–Kier alpha value is -1.88. The zero-order chi connectivity index (χ0) is 15.9. The molecule has 0 fully saturated rings. The van der Waals surface area contributed by atoms with Gasteiger partial charge in [-0.25, -0.2) is 9.18 Å². The van der Waals surface area contributed by atoms with Gasteiger partial charge in [0.2, 0.25) is 5.43 Å². The lowest BCUT2D eigenvalue weighted by molar-refractivity contribution is 0.0693. The van der Waals surface area contributed by atoms with Crippen molar-refractivity contribution in [2.24, 2.45) is 0 Å². The molecule has 0 atom stereocenters. The second-order valence-corrected chi connectivity index (χ2v) is 5.46. The average molecular weight is 312 g/mol. The topological polar surface area (TPSA) is 59.3 Å². The number of hydrogen-bond donors (Lipinski definition) is 1. The van der Waals surface area contributed by atoms with E-state index in [1.807, 2.05) is 13.8 Å². The highest BCUT2D eigenvalue weighted by Crippen LogP contribution is 2.26. The van der Waals surface area contributed by atoms with Crippen LogP contribution in [0.25, 0.3) is 10.9 Å². The van der Waals surface area contributed by atoms with Gasteiger partial charge in [0.05, 0.1) is 10.5 Å². The number of hydrogen-bond acceptors (Lipinski definition) is 2. The average Bonchev–Trinajstić information content (AvgIpc) is 2.39. The van der Waals surface area contributed by atoms with Gasteiger partial charge in [-0.2, -0.15) is 0 Å². The first-order chi connectivity index (χ1) is 9.79. The summed E-state index contributed by atoms with van der Waals surface area (Å²) in [5, 5.41) is 9.27. The molecule has 112 valence electrons. The number of pyridine rings is 1. The van der Waals surface area contributed by atoms with Gasteiger partial charge in [0.25, 0.3) is 0 Å². The van der Waals surface area contributed by atoms with Gasteiger partial charge in [-0.05, 0) is 32.4 Å². The molecule has 21 heavy (non-hydrogen) atoms. The van der Waals surface area contributed by atoms with Crippen LogP contribution in [0.5, 0.6) is 0 Å². The zero-order valence-corrected chi connectivity index (χ0v) is 12.7. The largest absolute Gasteiger partial charge is 0.477 e. The van der Waals surface area contributed by atoms with Gasteiger partial charge in [0.15, 0.2) is 0 Å². The molecular weight excluding hydrogens is 297 g/mol. The summed E-state index contributed by atoms with van der Waals surface area (Å²) in [5.41, 5.74) is -0.122. The second kappa shape index (κ2) is 5.48. The van der Waals surface area contributed by atoms with Crippen molar-refractivity contribution in [2.45, 2.75) is 33.2 Å². The maximum atomic E-state index is 13.6.